The van der Waals surface area contributed by atoms with Crippen LogP contribution in [0.3, 0.4) is 0 Å². The Morgan fingerprint density at radius 3 is 2.72 bits per heavy atom. The first-order valence-electron chi connectivity index (χ1n) is 8.91. The van der Waals surface area contributed by atoms with Gasteiger partial charge in [-0.3, -0.25) is 14.3 Å². The third kappa shape index (κ3) is 3.96. The van der Waals surface area contributed by atoms with Crippen LogP contribution in [0.15, 0.2) is 45.7 Å². The predicted octanol–water partition coefficient (Wildman–Crippen LogP) is 3.62. The van der Waals surface area contributed by atoms with Crippen molar-refractivity contribution < 1.29 is 4.39 Å². The lowest BCUT2D eigenvalue weighted by Gasteiger charge is -2.20. The summed E-state index contributed by atoms with van der Waals surface area (Å²) in [5.41, 5.74) is 1.33. The normalized spacial score (nSPS) is 12.7. The third-order valence-electron chi connectivity index (χ3n) is 4.59. The van der Waals surface area contributed by atoms with E-state index in [2.05, 4.69) is 20.2 Å². The first-order chi connectivity index (χ1) is 13.9. The molecule has 0 saturated heterocycles. The Hall–Kier alpha value is -2.56. The number of aromatic nitrogens is 5. The van der Waals surface area contributed by atoms with Crippen LogP contribution in [-0.2, 0) is 5.75 Å². The lowest BCUT2D eigenvalue weighted by molar-refractivity contribution is 0.305. The second-order valence-corrected chi connectivity index (χ2v) is 8.59. The number of aromatic amines is 1. The van der Waals surface area contributed by atoms with E-state index in [1.54, 1.807) is 12.1 Å². The second kappa shape index (κ2) is 8.05. The zero-order chi connectivity index (χ0) is 20.5. The van der Waals surface area contributed by atoms with Crippen LogP contribution in [0.2, 0.25) is 0 Å². The van der Waals surface area contributed by atoms with Gasteiger partial charge in [-0.15, -0.1) is 21.5 Å². The number of H-pyrrole nitrogens is 1. The zero-order valence-electron chi connectivity index (χ0n) is 16.1. The molecular weight excluding hydrogens is 411 g/mol. The van der Waals surface area contributed by atoms with Gasteiger partial charge in [0, 0.05) is 5.69 Å². The van der Waals surface area contributed by atoms with Gasteiger partial charge in [-0.2, -0.15) is 0 Å². The molecule has 0 fully saturated rings. The number of hydrogen-bond donors (Lipinski definition) is 1. The van der Waals surface area contributed by atoms with Crippen molar-refractivity contribution in [3.05, 3.63) is 63.5 Å². The van der Waals surface area contributed by atoms with E-state index >= 15 is 0 Å². The Kier molecular flexibility index (Phi) is 5.48. The molecule has 0 aliphatic rings. The molecule has 29 heavy (non-hydrogen) atoms. The molecule has 3 aromatic heterocycles. The number of nitrogens with zero attached hydrogens (tertiary/aromatic N) is 5. The molecule has 10 heteroatoms. The number of benzene rings is 1. The highest BCUT2D eigenvalue weighted by Crippen LogP contribution is 2.28. The van der Waals surface area contributed by atoms with Gasteiger partial charge in [0.2, 0.25) is 0 Å². The van der Waals surface area contributed by atoms with Crippen LogP contribution < -0.4 is 5.56 Å². The van der Waals surface area contributed by atoms with Gasteiger partial charge >= 0.3 is 0 Å². The van der Waals surface area contributed by atoms with Gasteiger partial charge in [0.15, 0.2) is 11.0 Å². The number of rotatable bonds is 6. The van der Waals surface area contributed by atoms with Crippen molar-refractivity contribution in [2.24, 2.45) is 0 Å². The molecule has 0 spiro atoms. The Bertz CT molecular complexity index is 1200. The van der Waals surface area contributed by atoms with E-state index < -0.39 is 0 Å². The van der Waals surface area contributed by atoms with Crippen LogP contribution in [0.1, 0.15) is 24.6 Å². The molecule has 0 amide bonds. The summed E-state index contributed by atoms with van der Waals surface area (Å²) in [7, 11) is 3.93. The molecule has 0 aliphatic heterocycles. The minimum atomic E-state index is -0.302. The van der Waals surface area contributed by atoms with Crippen LogP contribution in [0.5, 0.6) is 0 Å². The summed E-state index contributed by atoms with van der Waals surface area (Å²) in [4.78, 5) is 21.6. The Labute approximate surface area is 174 Å². The minimum Gasteiger partial charge on any atom is -0.309 e. The Morgan fingerprint density at radius 1 is 1.24 bits per heavy atom. The van der Waals surface area contributed by atoms with Gasteiger partial charge in [-0.25, -0.2) is 9.37 Å². The highest BCUT2D eigenvalue weighted by atomic mass is 32.2. The molecule has 3 heterocycles. The highest BCUT2D eigenvalue weighted by Gasteiger charge is 2.21. The van der Waals surface area contributed by atoms with Gasteiger partial charge < -0.3 is 4.98 Å². The molecule has 4 aromatic rings. The maximum atomic E-state index is 13.4. The quantitative estimate of drug-likeness (QED) is 0.471. The largest absolute Gasteiger partial charge is 0.309 e. The van der Waals surface area contributed by atoms with E-state index in [0.29, 0.717) is 27.0 Å². The van der Waals surface area contributed by atoms with Crippen molar-refractivity contribution in [3.8, 4) is 5.69 Å². The number of thiophene rings is 1. The van der Waals surface area contributed by atoms with Crippen molar-refractivity contribution in [1.29, 1.82) is 0 Å². The van der Waals surface area contributed by atoms with E-state index in [9.17, 15) is 9.18 Å². The molecule has 1 N–H and O–H groups in total. The Balaban J connectivity index is 1.69. The summed E-state index contributed by atoms with van der Waals surface area (Å²) in [6.07, 6.45) is 0. The number of fused-ring (bicyclic) bond motifs is 1. The molecule has 1 atom stereocenters. The molecule has 7 nitrogen and oxygen atoms in total. The second-order valence-electron chi connectivity index (χ2n) is 6.73. The van der Waals surface area contributed by atoms with Crippen LogP contribution in [0.4, 0.5) is 4.39 Å². The van der Waals surface area contributed by atoms with E-state index in [0.717, 1.165) is 11.5 Å². The predicted molar refractivity (Wildman–Crippen MR) is 113 cm³/mol. The third-order valence-corrected chi connectivity index (χ3v) is 6.44. The summed E-state index contributed by atoms with van der Waals surface area (Å²) in [6, 6.07) is 8.07. The highest BCUT2D eigenvalue weighted by molar-refractivity contribution is 7.98. The van der Waals surface area contributed by atoms with Crippen molar-refractivity contribution >= 4 is 33.3 Å². The molecule has 0 saturated carbocycles. The average molecular weight is 431 g/mol. The maximum Gasteiger partial charge on any atom is 0.268 e. The molecule has 0 aliphatic carbocycles. The number of halogens is 1. The van der Waals surface area contributed by atoms with Crippen LogP contribution in [-0.4, -0.2) is 43.7 Å². The van der Waals surface area contributed by atoms with E-state index in [1.807, 2.05) is 41.9 Å². The zero-order valence-corrected chi connectivity index (χ0v) is 17.7. The summed E-state index contributed by atoms with van der Waals surface area (Å²) < 4.78 is 16.0. The van der Waals surface area contributed by atoms with Crippen molar-refractivity contribution in [3.63, 3.8) is 0 Å². The Morgan fingerprint density at radius 2 is 2.00 bits per heavy atom. The first-order valence-corrected chi connectivity index (χ1v) is 10.8. The fourth-order valence-corrected chi connectivity index (χ4v) is 4.39. The van der Waals surface area contributed by atoms with E-state index in [1.165, 1.54) is 35.2 Å². The van der Waals surface area contributed by atoms with Gasteiger partial charge in [0.25, 0.3) is 5.56 Å². The molecule has 150 valence electrons. The fraction of sp³-hybridized carbons (Fsp3) is 0.263. The number of nitrogens with one attached hydrogen (secondary N) is 1. The minimum absolute atomic E-state index is 0.00184. The first kappa shape index (κ1) is 19.7. The lowest BCUT2D eigenvalue weighted by atomic mass is 10.2. The average Bonchev–Trinajstić information content (AvgIpc) is 3.33. The number of thioether (sulfide) groups is 1. The molecule has 0 unspecified atom stereocenters. The van der Waals surface area contributed by atoms with Gasteiger partial charge in [0.05, 0.1) is 17.3 Å². The van der Waals surface area contributed by atoms with Gasteiger partial charge in [-0.1, -0.05) is 11.8 Å². The summed E-state index contributed by atoms with van der Waals surface area (Å²) in [5, 5.41) is 11.2. The van der Waals surface area contributed by atoms with E-state index in [4.69, 9.17) is 0 Å². The number of hydrogen-bond acceptors (Lipinski definition) is 7. The lowest BCUT2D eigenvalue weighted by Crippen LogP contribution is -2.20. The standard InChI is InChI=1S/C19H19FN6OS2/c1-11(25(2)3)17-23-24-19(26(17)13-6-4-12(20)5-7-13)29-10-15-21-14-8-9-28-16(14)18(27)22-15/h4-9,11H,10H2,1-3H3,(H,21,22,27)/t11-/m1/s1. The van der Waals surface area contributed by atoms with Crippen LogP contribution >= 0.6 is 23.1 Å². The van der Waals surface area contributed by atoms with Crippen LogP contribution in [0, 0.1) is 5.82 Å². The maximum absolute atomic E-state index is 13.4. The van der Waals surface area contributed by atoms with Crippen molar-refractivity contribution in [2.75, 3.05) is 14.1 Å². The van der Waals surface area contributed by atoms with E-state index in [-0.39, 0.29) is 17.4 Å². The molecular formula is C19H19FN6OS2. The van der Waals surface area contributed by atoms with Crippen LogP contribution in [0.25, 0.3) is 15.9 Å². The van der Waals surface area contributed by atoms with Gasteiger partial charge in [-0.05, 0) is 56.7 Å². The SMILES string of the molecule is C[C@H](c1nnc(SCc2nc3ccsc3c(=O)[nH]2)n1-c1ccc(F)cc1)N(C)C. The van der Waals surface area contributed by atoms with Crippen molar-refractivity contribution in [2.45, 2.75) is 23.9 Å². The fourth-order valence-electron chi connectivity index (χ4n) is 2.83. The topological polar surface area (TPSA) is 79.7 Å². The summed E-state index contributed by atoms with van der Waals surface area (Å²) >= 11 is 2.79. The molecule has 0 radical (unpaired) electrons. The molecule has 1 aromatic carbocycles. The molecule has 0 bridgehead atoms. The summed E-state index contributed by atoms with van der Waals surface area (Å²) in [6.45, 7) is 2.03. The summed E-state index contributed by atoms with van der Waals surface area (Å²) in [5.74, 6) is 1.45. The van der Waals surface area contributed by atoms with Gasteiger partial charge in [0.1, 0.15) is 16.3 Å². The smallest absolute Gasteiger partial charge is 0.268 e. The monoisotopic (exact) mass is 430 g/mol. The van der Waals surface area contributed by atoms with Crippen molar-refractivity contribution in [1.82, 2.24) is 29.6 Å². The molecule has 4 rings (SSSR count).